The number of pyridine rings is 1. The van der Waals surface area contributed by atoms with Crippen molar-refractivity contribution in [2.24, 2.45) is 11.8 Å². The highest BCUT2D eigenvalue weighted by Gasteiger charge is 2.34. The SMILES string of the molecule is CCCCC(O)c1cncc(SCC2C(Cl)CC[C@@H]2CCCc2nc(F)c(C(=O)OCCO)s2)c1. The fourth-order valence-corrected chi connectivity index (χ4v) is 7.09. The number of rotatable bonds is 14. The van der Waals surface area contributed by atoms with Gasteiger partial charge in [-0.1, -0.05) is 19.8 Å². The molecule has 10 heteroatoms. The maximum Gasteiger partial charge on any atom is 0.353 e. The highest BCUT2D eigenvalue weighted by atomic mass is 35.5. The third-order valence-electron chi connectivity index (χ3n) is 6.38. The van der Waals surface area contributed by atoms with E-state index in [2.05, 4.69) is 16.9 Å². The molecule has 2 heterocycles. The number of hydrogen-bond donors (Lipinski definition) is 2. The van der Waals surface area contributed by atoms with E-state index in [9.17, 15) is 14.3 Å². The Labute approximate surface area is 219 Å². The van der Waals surface area contributed by atoms with Gasteiger partial charge in [-0.3, -0.25) is 4.98 Å². The molecule has 194 valence electrons. The van der Waals surface area contributed by atoms with Crippen LogP contribution in [0.1, 0.15) is 78.2 Å². The molecule has 0 aliphatic heterocycles. The second kappa shape index (κ2) is 14.5. The maximum atomic E-state index is 14.0. The van der Waals surface area contributed by atoms with Crippen LogP contribution < -0.4 is 0 Å². The lowest BCUT2D eigenvalue weighted by Crippen LogP contribution is -2.18. The third kappa shape index (κ3) is 8.39. The Balaban J connectivity index is 1.50. The van der Waals surface area contributed by atoms with Gasteiger partial charge in [0.05, 0.1) is 17.7 Å². The van der Waals surface area contributed by atoms with E-state index < -0.39 is 18.0 Å². The number of aliphatic hydroxyl groups is 2. The molecule has 3 unspecified atom stereocenters. The fourth-order valence-electron chi connectivity index (χ4n) is 4.44. The average molecular weight is 545 g/mol. The first kappa shape index (κ1) is 28.3. The largest absolute Gasteiger partial charge is 0.459 e. The number of esters is 1. The van der Waals surface area contributed by atoms with Gasteiger partial charge in [0.1, 0.15) is 6.61 Å². The van der Waals surface area contributed by atoms with Crippen LogP contribution in [-0.2, 0) is 11.2 Å². The summed E-state index contributed by atoms with van der Waals surface area (Å²) in [6, 6.07) is 2.03. The molecule has 0 radical (unpaired) electrons. The van der Waals surface area contributed by atoms with Crippen molar-refractivity contribution in [2.45, 2.75) is 74.7 Å². The van der Waals surface area contributed by atoms with E-state index in [0.717, 1.165) is 72.5 Å². The molecule has 2 aromatic heterocycles. The summed E-state index contributed by atoms with van der Waals surface area (Å²) in [5.74, 6) is 0.151. The van der Waals surface area contributed by atoms with Crippen LogP contribution in [0.3, 0.4) is 0 Å². The Morgan fingerprint density at radius 3 is 2.97 bits per heavy atom. The molecule has 1 aliphatic rings. The average Bonchev–Trinajstić information content (AvgIpc) is 3.41. The van der Waals surface area contributed by atoms with Crippen molar-refractivity contribution in [3.63, 3.8) is 0 Å². The van der Waals surface area contributed by atoms with Crippen LogP contribution >= 0.6 is 34.7 Å². The summed E-state index contributed by atoms with van der Waals surface area (Å²) in [7, 11) is 0. The number of halogens is 2. The summed E-state index contributed by atoms with van der Waals surface area (Å²) in [4.78, 5) is 21.0. The molecule has 0 amide bonds. The number of aromatic nitrogens is 2. The Bertz CT molecular complexity index is 948. The van der Waals surface area contributed by atoms with E-state index in [-0.39, 0.29) is 23.5 Å². The summed E-state index contributed by atoms with van der Waals surface area (Å²) in [6.45, 7) is 1.65. The van der Waals surface area contributed by atoms with E-state index in [1.165, 1.54) is 0 Å². The molecule has 1 saturated carbocycles. The highest BCUT2D eigenvalue weighted by molar-refractivity contribution is 7.99. The lowest BCUT2D eigenvalue weighted by Gasteiger charge is -2.21. The molecule has 35 heavy (non-hydrogen) atoms. The number of nitrogens with zero attached hydrogens (tertiary/aromatic N) is 2. The Morgan fingerprint density at radius 2 is 2.20 bits per heavy atom. The second-order valence-corrected chi connectivity index (χ2v) is 11.7. The Hall–Kier alpha value is -1.26. The van der Waals surface area contributed by atoms with Crippen LogP contribution in [0.5, 0.6) is 0 Å². The molecule has 2 aromatic rings. The van der Waals surface area contributed by atoms with Gasteiger partial charge in [0.25, 0.3) is 0 Å². The number of alkyl halides is 1. The summed E-state index contributed by atoms with van der Waals surface area (Å²) in [6.07, 6.45) is 10.3. The molecular formula is C25H34ClFN2O4S2. The number of carbonyl (C=O) groups excluding carboxylic acids is 1. The van der Waals surface area contributed by atoms with Crippen molar-refractivity contribution in [1.29, 1.82) is 0 Å². The van der Waals surface area contributed by atoms with Crippen LogP contribution in [0.2, 0.25) is 0 Å². The van der Waals surface area contributed by atoms with Crippen LogP contribution in [-0.4, -0.2) is 50.5 Å². The summed E-state index contributed by atoms with van der Waals surface area (Å²) >= 11 is 9.43. The normalized spacial score (nSPS) is 20.8. The minimum atomic E-state index is -0.806. The Morgan fingerprint density at radius 1 is 1.37 bits per heavy atom. The molecule has 1 aliphatic carbocycles. The van der Waals surface area contributed by atoms with Crippen molar-refractivity contribution in [3.05, 3.63) is 39.9 Å². The van der Waals surface area contributed by atoms with E-state index in [1.54, 1.807) is 18.0 Å². The quantitative estimate of drug-likeness (QED) is 0.176. The molecule has 4 atom stereocenters. The van der Waals surface area contributed by atoms with Gasteiger partial charge >= 0.3 is 5.97 Å². The molecular weight excluding hydrogens is 511 g/mol. The van der Waals surface area contributed by atoms with Gasteiger partial charge in [-0.15, -0.1) is 34.7 Å². The predicted octanol–water partition coefficient (Wildman–Crippen LogP) is 5.80. The minimum Gasteiger partial charge on any atom is -0.459 e. The summed E-state index contributed by atoms with van der Waals surface area (Å²) < 4.78 is 18.8. The van der Waals surface area contributed by atoms with E-state index >= 15 is 0 Å². The number of hydrogen-bond acceptors (Lipinski definition) is 8. The van der Waals surface area contributed by atoms with Crippen molar-refractivity contribution < 1.29 is 24.1 Å². The third-order valence-corrected chi connectivity index (χ3v) is 9.10. The number of carbonyl (C=O) groups is 1. The summed E-state index contributed by atoms with van der Waals surface area (Å²) in [5.41, 5.74) is 0.865. The monoisotopic (exact) mass is 544 g/mol. The maximum absolute atomic E-state index is 14.0. The van der Waals surface area contributed by atoms with Gasteiger partial charge in [-0.05, 0) is 62.0 Å². The number of aliphatic hydroxyl groups excluding tert-OH is 2. The lowest BCUT2D eigenvalue weighted by atomic mass is 9.92. The highest BCUT2D eigenvalue weighted by Crippen LogP contribution is 2.41. The van der Waals surface area contributed by atoms with Crippen LogP contribution in [0.15, 0.2) is 23.4 Å². The molecule has 0 saturated heterocycles. The van der Waals surface area contributed by atoms with Crippen LogP contribution in [0.25, 0.3) is 0 Å². The molecule has 0 bridgehead atoms. The first-order valence-corrected chi connectivity index (χ1v) is 14.5. The predicted molar refractivity (Wildman–Crippen MR) is 138 cm³/mol. The van der Waals surface area contributed by atoms with Crippen molar-refractivity contribution >= 4 is 40.7 Å². The molecule has 0 spiro atoms. The zero-order chi connectivity index (χ0) is 25.2. The minimum absolute atomic E-state index is 0.129. The van der Waals surface area contributed by atoms with Gasteiger partial charge < -0.3 is 14.9 Å². The number of aryl methyl sites for hydroxylation is 1. The first-order valence-electron chi connectivity index (χ1n) is 12.3. The molecule has 1 fully saturated rings. The number of ether oxygens (including phenoxy) is 1. The number of thioether (sulfide) groups is 1. The van der Waals surface area contributed by atoms with Crippen molar-refractivity contribution in [2.75, 3.05) is 19.0 Å². The lowest BCUT2D eigenvalue weighted by molar-refractivity contribution is 0.0434. The Kier molecular flexibility index (Phi) is 11.7. The van der Waals surface area contributed by atoms with E-state index in [0.29, 0.717) is 23.3 Å². The number of thiazole rings is 1. The van der Waals surface area contributed by atoms with Crippen LogP contribution in [0.4, 0.5) is 4.39 Å². The first-order chi connectivity index (χ1) is 16.9. The van der Waals surface area contributed by atoms with Gasteiger partial charge in [-0.2, -0.15) is 4.39 Å². The zero-order valence-electron chi connectivity index (χ0n) is 20.0. The van der Waals surface area contributed by atoms with Crippen molar-refractivity contribution in [1.82, 2.24) is 9.97 Å². The topological polar surface area (TPSA) is 92.5 Å². The van der Waals surface area contributed by atoms with E-state index in [1.807, 2.05) is 12.3 Å². The molecule has 6 nitrogen and oxygen atoms in total. The van der Waals surface area contributed by atoms with Crippen molar-refractivity contribution in [3.8, 4) is 0 Å². The second-order valence-electron chi connectivity index (χ2n) is 8.92. The smallest absolute Gasteiger partial charge is 0.353 e. The standard InChI is InChI=1S/C25H34ClFN2O4S2/c1-2-3-6-21(31)17-12-18(14-28-13-17)34-15-19-16(8-9-20(19)26)5-4-7-22-29-24(27)23(35-22)25(32)33-11-10-30/h12-14,16,19-21,30-31H,2-11,15H2,1H3/t16-,19?,20?,21?/m0/s1. The molecule has 2 N–H and O–H groups in total. The number of unbranched alkanes of at least 4 members (excludes halogenated alkanes) is 1. The van der Waals surface area contributed by atoms with Gasteiger partial charge in [0.15, 0.2) is 4.88 Å². The van der Waals surface area contributed by atoms with Gasteiger partial charge in [-0.25, -0.2) is 9.78 Å². The summed E-state index contributed by atoms with van der Waals surface area (Å²) in [5, 5.41) is 19.8. The molecule has 0 aromatic carbocycles. The van der Waals surface area contributed by atoms with Gasteiger partial charge in [0, 0.05) is 28.4 Å². The fraction of sp³-hybridized carbons (Fsp3) is 0.640. The molecule has 3 rings (SSSR count). The van der Waals surface area contributed by atoms with Crippen LogP contribution in [0, 0.1) is 17.8 Å². The van der Waals surface area contributed by atoms with E-state index in [4.69, 9.17) is 21.4 Å². The van der Waals surface area contributed by atoms with Gasteiger partial charge in [0.2, 0.25) is 5.95 Å². The zero-order valence-corrected chi connectivity index (χ0v) is 22.4.